The highest BCUT2D eigenvalue weighted by Crippen LogP contribution is 2.48. The molecule has 13 heavy (non-hydrogen) atoms. The Morgan fingerprint density at radius 2 is 1.69 bits per heavy atom. The highest BCUT2D eigenvalue weighted by atomic mass is 14.9. The van der Waals surface area contributed by atoms with Crippen molar-refractivity contribution in [3.63, 3.8) is 0 Å². The summed E-state index contributed by atoms with van der Waals surface area (Å²) >= 11 is 0. The lowest BCUT2D eigenvalue weighted by molar-refractivity contribution is 0.132. The van der Waals surface area contributed by atoms with Gasteiger partial charge in [0, 0.05) is 6.04 Å². The first-order valence-electron chi connectivity index (χ1n) is 6.11. The Balaban J connectivity index is 2.03. The van der Waals surface area contributed by atoms with Crippen LogP contribution in [0.15, 0.2) is 0 Å². The Labute approximate surface area is 82.3 Å². The molecule has 2 fully saturated rings. The summed E-state index contributed by atoms with van der Waals surface area (Å²) in [7, 11) is 0. The first-order valence-corrected chi connectivity index (χ1v) is 6.11. The Morgan fingerprint density at radius 1 is 1.08 bits per heavy atom. The number of nitrogens with one attached hydrogen (secondary N) is 1. The summed E-state index contributed by atoms with van der Waals surface area (Å²) in [5.74, 6) is 0. The molecule has 1 unspecified atom stereocenters. The lowest BCUT2D eigenvalue weighted by Crippen LogP contribution is -2.45. The van der Waals surface area contributed by atoms with Crippen LogP contribution in [-0.2, 0) is 0 Å². The Hall–Kier alpha value is -0.0400. The number of hydrogen-bond acceptors (Lipinski definition) is 1. The SMILES string of the molecule is CCNC1CCCCC12CCCC2. The van der Waals surface area contributed by atoms with Crippen LogP contribution >= 0.6 is 0 Å². The maximum Gasteiger partial charge on any atom is 0.0123 e. The quantitative estimate of drug-likeness (QED) is 0.690. The average molecular weight is 181 g/mol. The molecular formula is C12H23N. The second-order valence-corrected chi connectivity index (χ2v) is 4.93. The van der Waals surface area contributed by atoms with Crippen molar-refractivity contribution in [3.8, 4) is 0 Å². The van der Waals surface area contributed by atoms with Crippen LogP contribution in [0.2, 0.25) is 0 Å². The van der Waals surface area contributed by atoms with Crippen LogP contribution in [-0.4, -0.2) is 12.6 Å². The van der Waals surface area contributed by atoms with Crippen molar-refractivity contribution in [2.45, 2.75) is 64.3 Å². The topological polar surface area (TPSA) is 12.0 Å². The second kappa shape index (κ2) is 4.00. The van der Waals surface area contributed by atoms with Gasteiger partial charge in [0.2, 0.25) is 0 Å². The van der Waals surface area contributed by atoms with Crippen LogP contribution in [0.3, 0.4) is 0 Å². The molecule has 2 aliphatic carbocycles. The van der Waals surface area contributed by atoms with Crippen molar-refractivity contribution in [2.75, 3.05) is 6.54 Å². The zero-order valence-corrected chi connectivity index (χ0v) is 8.94. The summed E-state index contributed by atoms with van der Waals surface area (Å²) in [5.41, 5.74) is 0.730. The Morgan fingerprint density at radius 3 is 2.31 bits per heavy atom. The molecule has 76 valence electrons. The van der Waals surface area contributed by atoms with Crippen molar-refractivity contribution < 1.29 is 0 Å². The standard InChI is InChI=1S/C12H23N/c1-2-13-11-7-3-4-8-12(11)9-5-6-10-12/h11,13H,2-10H2,1H3. The third-order valence-electron chi connectivity index (χ3n) is 4.21. The van der Waals surface area contributed by atoms with Crippen LogP contribution < -0.4 is 5.32 Å². The monoisotopic (exact) mass is 181 g/mol. The molecule has 0 aromatic heterocycles. The summed E-state index contributed by atoms with van der Waals surface area (Å²) in [6.07, 6.45) is 11.9. The van der Waals surface area contributed by atoms with Gasteiger partial charge in [-0.25, -0.2) is 0 Å². The van der Waals surface area contributed by atoms with Crippen molar-refractivity contribution >= 4 is 0 Å². The lowest BCUT2D eigenvalue weighted by atomic mass is 9.69. The molecule has 0 radical (unpaired) electrons. The van der Waals surface area contributed by atoms with E-state index >= 15 is 0 Å². The van der Waals surface area contributed by atoms with Gasteiger partial charge in [-0.05, 0) is 37.6 Å². The molecule has 0 heterocycles. The highest BCUT2D eigenvalue weighted by Gasteiger charge is 2.41. The Kier molecular flexibility index (Phi) is 2.92. The van der Waals surface area contributed by atoms with Crippen molar-refractivity contribution in [1.82, 2.24) is 5.32 Å². The molecule has 1 spiro atoms. The molecule has 0 aromatic rings. The van der Waals surface area contributed by atoms with E-state index in [0.717, 1.165) is 18.0 Å². The fraction of sp³-hybridized carbons (Fsp3) is 1.00. The van der Waals surface area contributed by atoms with Gasteiger partial charge in [0.15, 0.2) is 0 Å². The van der Waals surface area contributed by atoms with E-state index in [0.29, 0.717) is 0 Å². The van der Waals surface area contributed by atoms with E-state index in [1.165, 1.54) is 51.4 Å². The molecule has 0 amide bonds. The second-order valence-electron chi connectivity index (χ2n) is 4.93. The fourth-order valence-corrected chi connectivity index (χ4v) is 3.55. The average Bonchev–Trinajstić information content (AvgIpc) is 2.59. The maximum atomic E-state index is 3.72. The molecule has 1 nitrogen and oxygen atoms in total. The van der Waals surface area contributed by atoms with Gasteiger partial charge in [-0.1, -0.05) is 32.6 Å². The molecule has 2 saturated carbocycles. The summed E-state index contributed by atoms with van der Waals surface area (Å²) in [6, 6.07) is 0.855. The molecule has 2 rings (SSSR count). The minimum Gasteiger partial charge on any atom is -0.314 e. The predicted octanol–water partition coefficient (Wildman–Crippen LogP) is 3.10. The highest BCUT2D eigenvalue weighted by molar-refractivity contribution is 4.96. The van der Waals surface area contributed by atoms with Crippen molar-refractivity contribution in [2.24, 2.45) is 5.41 Å². The van der Waals surface area contributed by atoms with Gasteiger partial charge in [0.25, 0.3) is 0 Å². The molecule has 0 aromatic carbocycles. The van der Waals surface area contributed by atoms with E-state index in [1.807, 2.05) is 0 Å². The predicted molar refractivity (Wildman–Crippen MR) is 56.8 cm³/mol. The van der Waals surface area contributed by atoms with E-state index in [-0.39, 0.29) is 0 Å². The van der Waals surface area contributed by atoms with Gasteiger partial charge in [0.05, 0.1) is 0 Å². The van der Waals surface area contributed by atoms with E-state index < -0.39 is 0 Å². The van der Waals surface area contributed by atoms with Gasteiger partial charge in [-0.2, -0.15) is 0 Å². The van der Waals surface area contributed by atoms with Crippen LogP contribution in [0.1, 0.15) is 58.3 Å². The summed E-state index contributed by atoms with van der Waals surface area (Å²) in [6.45, 7) is 3.41. The van der Waals surface area contributed by atoms with Crippen molar-refractivity contribution in [3.05, 3.63) is 0 Å². The smallest absolute Gasteiger partial charge is 0.0123 e. The van der Waals surface area contributed by atoms with Crippen molar-refractivity contribution in [1.29, 1.82) is 0 Å². The zero-order chi connectivity index (χ0) is 9.15. The van der Waals surface area contributed by atoms with Crippen LogP contribution in [0.25, 0.3) is 0 Å². The van der Waals surface area contributed by atoms with Gasteiger partial charge >= 0.3 is 0 Å². The number of rotatable bonds is 2. The summed E-state index contributed by atoms with van der Waals surface area (Å²) in [4.78, 5) is 0. The lowest BCUT2D eigenvalue weighted by Gasteiger charge is -2.42. The van der Waals surface area contributed by atoms with E-state index in [2.05, 4.69) is 12.2 Å². The van der Waals surface area contributed by atoms with Crippen LogP contribution in [0.5, 0.6) is 0 Å². The molecule has 1 atom stereocenters. The zero-order valence-electron chi connectivity index (χ0n) is 8.94. The number of hydrogen-bond donors (Lipinski definition) is 1. The molecule has 1 N–H and O–H groups in total. The molecule has 1 heteroatoms. The van der Waals surface area contributed by atoms with Crippen LogP contribution in [0.4, 0.5) is 0 Å². The summed E-state index contributed by atoms with van der Waals surface area (Å²) < 4.78 is 0. The van der Waals surface area contributed by atoms with Gasteiger partial charge < -0.3 is 5.32 Å². The minimum absolute atomic E-state index is 0.730. The third kappa shape index (κ3) is 1.76. The van der Waals surface area contributed by atoms with Gasteiger partial charge in [-0.3, -0.25) is 0 Å². The Bertz CT molecular complexity index is 157. The largest absolute Gasteiger partial charge is 0.314 e. The molecule has 0 bridgehead atoms. The molecule has 0 aliphatic heterocycles. The van der Waals surface area contributed by atoms with Crippen LogP contribution in [0, 0.1) is 5.41 Å². The molecule has 0 saturated heterocycles. The van der Waals surface area contributed by atoms with E-state index in [9.17, 15) is 0 Å². The fourth-order valence-electron chi connectivity index (χ4n) is 3.55. The molecule has 2 aliphatic rings. The summed E-state index contributed by atoms with van der Waals surface area (Å²) in [5, 5.41) is 3.72. The third-order valence-corrected chi connectivity index (χ3v) is 4.21. The minimum atomic E-state index is 0.730. The van der Waals surface area contributed by atoms with E-state index in [4.69, 9.17) is 0 Å². The van der Waals surface area contributed by atoms with Gasteiger partial charge in [0.1, 0.15) is 0 Å². The molecular weight excluding hydrogens is 158 g/mol. The van der Waals surface area contributed by atoms with E-state index in [1.54, 1.807) is 0 Å². The maximum absolute atomic E-state index is 3.72. The first kappa shape index (κ1) is 9.51. The first-order chi connectivity index (χ1) is 6.37. The van der Waals surface area contributed by atoms with Gasteiger partial charge in [-0.15, -0.1) is 0 Å². The normalized spacial score (nSPS) is 32.5.